The van der Waals surface area contributed by atoms with Crippen molar-refractivity contribution in [1.29, 1.82) is 0 Å². The van der Waals surface area contributed by atoms with Gasteiger partial charge in [0.2, 0.25) is 0 Å². The van der Waals surface area contributed by atoms with E-state index in [0.717, 1.165) is 5.56 Å². The van der Waals surface area contributed by atoms with Gasteiger partial charge in [-0.15, -0.1) is 0 Å². The second-order valence-corrected chi connectivity index (χ2v) is 11.9. The first-order valence-corrected chi connectivity index (χ1v) is 14.1. The lowest BCUT2D eigenvalue weighted by molar-refractivity contribution is 0.0366. The number of carbonyl (C=O) groups is 2. The number of benzene rings is 2. The Kier molecular flexibility index (Phi) is 9.26. The Hall–Kier alpha value is -3.31. The first-order valence-electron chi connectivity index (χ1n) is 12.7. The van der Waals surface area contributed by atoms with E-state index in [2.05, 4.69) is 10.0 Å². The fraction of sp³-hybridized carbons (Fsp3) is 0.481. The molecule has 10 nitrogen and oxygen atoms in total. The lowest BCUT2D eigenvalue weighted by Crippen LogP contribution is -2.51. The number of nitrogens with zero attached hydrogens (tertiary/aromatic N) is 2. The van der Waals surface area contributed by atoms with Crippen LogP contribution in [0.15, 0.2) is 47.4 Å². The van der Waals surface area contributed by atoms with Gasteiger partial charge >= 0.3 is 6.03 Å². The lowest BCUT2D eigenvalue weighted by atomic mass is 9.99. The summed E-state index contributed by atoms with van der Waals surface area (Å²) in [4.78, 5) is 29.3. The van der Waals surface area contributed by atoms with Gasteiger partial charge in [-0.05, 0) is 58.0 Å². The molecule has 0 fully saturated rings. The van der Waals surface area contributed by atoms with Gasteiger partial charge in [-0.3, -0.25) is 9.52 Å². The quantitative estimate of drug-likeness (QED) is 0.467. The van der Waals surface area contributed by atoms with Gasteiger partial charge in [0.05, 0.1) is 29.7 Å². The molecule has 2 aromatic rings. The van der Waals surface area contributed by atoms with E-state index in [4.69, 9.17) is 4.74 Å². The number of ether oxygens (including phenoxy) is 1. The van der Waals surface area contributed by atoms with E-state index in [1.807, 2.05) is 27.7 Å². The summed E-state index contributed by atoms with van der Waals surface area (Å²) >= 11 is 0. The molecule has 3 amide bonds. The van der Waals surface area contributed by atoms with Crippen molar-refractivity contribution in [1.82, 2.24) is 15.1 Å². The van der Waals surface area contributed by atoms with E-state index < -0.39 is 22.2 Å². The van der Waals surface area contributed by atoms with Gasteiger partial charge in [-0.25, -0.2) is 13.2 Å². The molecule has 3 N–H and O–H groups in total. The number of urea groups is 1. The van der Waals surface area contributed by atoms with E-state index in [-0.39, 0.29) is 65.5 Å². The Morgan fingerprint density at radius 2 is 1.84 bits per heavy atom. The molecule has 0 unspecified atom stereocenters. The number of hydrogen-bond donors (Lipinski definition) is 3. The van der Waals surface area contributed by atoms with Crippen molar-refractivity contribution < 1.29 is 27.9 Å². The third kappa shape index (κ3) is 6.96. The molecule has 38 heavy (non-hydrogen) atoms. The van der Waals surface area contributed by atoms with Crippen LogP contribution in [0.4, 0.5) is 10.5 Å². The molecule has 1 aliphatic rings. The molecule has 1 aliphatic heterocycles. The zero-order chi connectivity index (χ0) is 28.2. The molecule has 0 aromatic heterocycles. The number of likely N-dealkylation sites (N-methyl/N-ethyl adjacent to an activating group) is 1. The predicted molar refractivity (Wildman–Crippen MR) is 146 cm³/mol. The molecule has 0 aliphatic carbocycles. The molecular weight excluding hydrogens is 508 g/mol. The second-order valence-electron chi connectivity index (χ2n) is 10.2. The summed E-state index contributed by atoms with van der Waals surface area (Å²) < 4.78 is 34.7. The van der Waals surface area contributed by atoms with Crippen molar-refractivity contribution in [2.75, 3.05) is 31.5 Å². The van der Waals surface area contributed by atoms with Gasteiger partial charge in [0.25, 0.3) is 15.9 Å². The summed E-state index contributed by atoms with van der Waals surface area (Å²) in [5.41, 5.74) is 1.30. The number of nitrogens with one attached hydrogen (secondary N) is 2. The Labute approximate surface area is 225 Å². The van der Waals surface area contributed by atoms with E-state index in [1.165, 1.54) is 29.2 Å². The first-order chi connectivity index (χ1) is 17.8. The predicted octanol–water partition coefficient (Wildman–Crippen LogP) is 3.07. The number of aryl methyl sites for hydroxylation is 1. The van der Waals surface area contributed by atoms with Crippen LogP contribution in [0.25, 0.3) is 0 Å². The maximum atomic E-state index is 13.6. The van der Waals surface area contributed by atoms with Gasteiger partial charge in [0.15, 0.2) is 0 Å². The zero-order valence-corrected chi connectivity index (χ0v) is 23.6. The number of rotatable bonds is 8. The molecule has 0 spiro atoms. The molecule has 208 valence electrons. The number of aliphatic hydroxyl groups is 1. The Morgan fingerprint density at radius 1 is 1.18 bits per heavy atom. The highest BCUT2D eigenvalue weighted by atomic mass is 32.2. The van der Waals surface area contributed by atoms with E-state index >= 15 is 0 Å². The number of carbonyl (C=O) groups excluding carboxylic acids is 2. The third-order valence-corrected chi connectivity index (χ3v) is 7.86. The molecule has 0 bridgehead atoms. The van der Waals surface area contributed by atoms with Gasteiger partial charge in [0.1, 0.15) is 11.9 Å². The van der Waals surface area contributed by atoms with Gasteiger partial charge < -0.3 is 25.0 Å². The normalized spacial score (nSPS) is 18.6. The van der Waals surface area contributed by atoms with Crippen LogP contribution in [0.5, 0.6) is 5.75 Å². The number of aliphatic hydroxyl groups excluding tert-OH is 1. The van der Waals surface area contributed by atoms with Crippen molar-refractivity contribution >= 4 is 27.6 Å². The third-order valence-electron chi connectivity index (χ3n) is 6.46. The van der Waals surface area contributed by atoms with E-state index in [9.17, 15) is 23.1 Å². The SMILES string of the molecule is Cc1ccc(S(=O)(=O)Nc2ccc3c(c2)C(=O)N([C@H](C)CO)C[C@H](C)[C@@H](CN(C)C(=O)NC(C)C)O3)cc1. The molecule has 0 radical (unpaired) electrons. The average molecular weight is 547 g/mol. The Morgan fingerprint density at radius 3 is 2.45 bits per heavy atom. The largest absolute Gasteiger partial charge is 0.487 e. The summed E-state index contributed by atoms with van der Waals surface area (Å²) in [5.74, 6) is -0.276. The Balaban J connectivity index is 1.96. The van der Waals surface area contributed by atoms with Gasteiger partial charge in [0, 0.05) is 31.2 Å². The highest BCUT2D eigenvalue weighted by Crippen LogP contribution is 2.31. The van der Waals surface area contributed by atoms with Crippen molar-refractivity contribution in [3.05, 3.63) is 53.6 Å². The summed E-state index contributed by atoms with van der Waals surface area (Å²) in [5, 5.41) is 12.7. The molecule has 0 saturated heterocycles. The van der Waals surface area contributed by atoms with Crippen molar-refractivity contribution in [3.63, 3.8) is 0 Å². The molecule has 0 saturated carbocycles. The van der Waals surface area contributed by atoms with Crippen LogP contribution in [-0.2, 0) is 10.0 Å². The molecule has 3 atom stereocenters. The average Bonchev–Trinajstić information content (AvgIpc) is 2.85. The Bertz CT molecular complexity index is 1250. The van der Waals surface area contributed by atoms with Crippen LogP contribution in [0.3, 0.4) is 0 Å². The van der Waals surface area contributed by atoms with Crippen molar-refractivity contribution in [3.8, 4) is 5.75 Å². The van der Waals surface area contributed by atoms with E-state index in [1.54, 1.807) is 37.1 Å². The number of sulfonamides is 1. The van der Waals surface area contributed by atoms with Gasteiger partial charge in [-0.2, -0.15) is 0 Å². The van der Waals surface area contributed by atoms with Crippen LogP contribution in [0.2, 0.25) is 0 Å². The standard InChI is InChI=1S/C27H38N4O6S/c1-17(2)28-27(34)30(6)15-25-19(4)14-31(20(5)16-32)26(33)23-13-21(9-12-24(23)37-25)29-38(35,36)22-10-7-18(3)8-11-22/h7-13,17,19-20,25,29,32H,14-16H2,1-6H3,(H,28,34)/t19-,20+,25+/m0/s1. The zero-order valence-electron chi connectivity index (χ0n) is 22.8. The highest BCUT2D eigenvalue weighted by Gasteiger charge is 2.34. The van der Waals surface area contributed by atoms with Gasteiger partial charge in [-0.1, -0.05) is 24.6 Å². The minimum atomic E-state index is -3.89. The van der Waals surface area contributed by atoms with Crippen LogP contribution in [0.1, 0.15) is 43.6 Å². The number of hydrogen-bond acceptors (Lipinski definition) is 6. The lowest BCUT2D eigenvalue weighted by Gasteiger charge is -2.38. The summed E-state index contributed by atoms with van der Waals surface area (Å²) in [6, 6.07) is 10.2. The monoisotopic (exact) mass is 546 g/mol. The van der Waals surface area contributed by atoms with Crippen molar-refractivity contribution in [2.24, 2.45) is 5.92 Å². The molecule has 3 rings (SSSR count). The molecule has 1 heterocycles. The number of anilines is 1. The first kappa shape index (κ1) is 29.2. The molecular formula is C27H38N4O6S. The molecule has 2 aromatic carbocycles. The van der Waals surface area contributed by atoms with Crippen LogP contribution >= 0.6 is 0 Å². The smallest absolute Gasteiger partial charge is 0.317 e. The van der Waals surface area contributed by atoms with Crippen LogP contribution in [0, 0.1) is 12.8 Å². The summed E-state index contributed by atoms with van der Waals surface area (Å²) in [6.45, 7) is 9.59. The molecule has 11 heteroatoms. The van der Waals surface area contributed by atoms with Crippen LogP contribution < -0.4 is 14.8 Å². The minimum absolute atomic E-state index is 0.0259. The minimum Gasteiger partial charge on any atom is -0.487 e. The second kappa shape index (κ2) is 12.0. The van der Waals surface area contributed by atoms with Crippen molar-refractivity contribution in [2.45, 2.75) is 57.7 Å². The maximum absolute atomic E-state index is 13.6. The number of amides is 3. The van der Waals surface area contributed by atoms with E-state index in [0.29, 0.717) is 0 Å². The fourth-order valence-electron chi connectivity index (χ4n) is 4.15. The topological polar surface area (TPSA) is 128 Å². The number of fused-ring (bicyclic) bond motifs is 1. The summed E-state index contributed by atoms with van der Waals surface area (Å²) in [7, 11) is -2.21. The maximum Gasteiger partial charge on any atom is 0.317 e. The fourth-order valence-corrected chi connectivity index (χ4v) is 5.19. The summed E-state index contributed by atoms with van der Waals surface area (Å²) in [6.07, 6.45) is -0.465. The van der Waals surface area contributed by atoms with Crippen LogP contribution in [-0.4, -0.2) is 80.2 Å². The highest BCUT2D eigenvalue weighted by molar-refractivity contribution is 7.92.